The van der Waals surface area contributed by atoms with Gasteiger partial charge in [-0.3, -0.25) is 19.2 Å². The van der Waals surface area contributed by atoms with Crippen LogP contribution in [-0.2, 0) is 23.9 Å². The highest BCUT2D eigenvalue weighted by Gasteiger charge is 2.49. The Morgan fingerprint density at radius 3 is 2.35 bits per heavy atom. The van der Waals surface area contributed by atoms with Crippen LogP contribution in [0.2, 0.25) is 0 Å². The molecular weight excluding hydrogens is 480 g/mol. The Labute approximate surface area is 218 Å². The van der Waals surface area contributed by atoms with E-state index in [2.05, 4.69) is 29.0 Å². The van der Waals surface area contributed by atoms with Crippen molar-refractivity contribution < 1.29 is 33.8 Å². The summed E-state index contributed by atoms with van der Waals surface area (Å²) in [5, 5.41) is 16.2. The Bertz CT molecular complexity index is 873. The summed E-state index contributed by atoms with van der Waals surface area (Å²) < 4.78 is 5.50. The zero-order valence-corrected chi connectivity index (χ0v) is 22.1. The smallest absolute Gasteiger partial charge is 0.407 e. The van der Waals surface area contributed by atoms with Crippen molar-refractivity contribution >= 4 is 29.8 Å². The Balaban J connectivity index is 1.95. The lowest BCUT2D eigenvalue weighted by Gasteiger charge is -2.23. The number of primary amides is 1. The molecule has 0 aromatic rings. The normalized spacial score (nSPS) is 22.3. The molecule has 6 N–H and O–H groups in total. The summed E-state index contributed by atoms with van der Waals surface area (Å²) >= 11 is 0. The van der Waals surface area contributed by atoms with E-state index in [1.165, 1.54) is 5.57 Å². The highest BCUT2D eigenvalue weighted by Crippen LogP contribution is 2.53. The van der Waals surface area contributed by atoms with Crippen LogP contribution in [0, 0.1) is 23.7 Å². The van der Waals surface area contributed by atoms with E-state index >= 15 is 0 Å². The highest BCUT2D eigenvalue weighted by molar-refractivity contribution is 5.92. The first-order valence-corrected chi connectivity index (χ1v) is 13.1. The van der Waals surface area contributed by atoms with E-state index in [4.69, 9.17) is 15.6 Å². The van der Waals surface area contributed by atoms with Gasteiger partial charge in [-0.2, -0.15) is 0 Å². The average molecular weight is 523 g/mol. The van der Waals surface area contributed by atoms with Gasteiger partial charge in [0.1, 0.15) is 18.6 Å². The van der Waals surface area contributed by atoms with E-state index in [0.717, 1.165) is 25.7 Å². The molecule has 11 heteroatoms. The van der Waals surface area contributed by atoms with Gasteiger partial charge in [0, 0.05) is 6.42 Å². The van der Waals surface area contributed by atoms with Gasteiger partial charge in [0.05, 0.1) is 6.61 Å². The SMILES string of the molecule is CC1=CCCC2C(CC1)C2COC(=O)NC(CCC(C)C)C(=O)NC(CCC(N)=O)C(=O)NCC(=O)O. The lowest BCUT2D eigenvalue weighted by atomic mass is 10.0. The molecule has 0 heterocycles. The largest absolute Gasteiger partial charge is 0.480 e. The lowest BCUT2D eigenvalue weighted by Crippen LogP contribution is -2.54. The quantitative estimate of drug-likeness (QED) is 0.216. The van der Waals surface area contributed by atoms with Crippen LogP contribution in [0.5, 0.6) is 0 Å². The van der Waals surface area contributed by atoms with Crippen LogP contribution in [0.1, 0.15) is 72.1 Å². The molecule has 2 aliphatic carbocycles. The minimum Gasteiger partial charge on any atom is -0.480 e. The number of nitrogens with two attached hydrogens (primary N) is 1. The molecule has 0 spiro atoms. The Morgan fingerprint density at radius 1 is 1.03 bits per heavy atom. The number of allylic oxidation sites excluding steroid dienone is 2. The van der Waals surface area contributed by atoms with E-state index in [0.29, 0.717) is 37.2 Å². The van der Waals surface area contributed by atoms with Crippen LogP contribution < -0.4 is 21.7 Å². The van der Waals surface area contributed by atoms with Gasteiger partial charge in [-0.25, -0.2) is 4.79 Å². The minimum absolute atomic E-state index is 0.105. The van der Waals surface area contributed by atoms with Gasteiger partial charge < -0.3 is 31.5 Å². The molecule has 5 unspecified atom stereocenters. The molecule has 0 saturated heterocycles. The van der Waals surface area contributed by atoms with Crippen molar-refractivity contribution in [3.05, 3.63) is 11.6 Å². The lowest BCUT2D eigenvalue weighted by molar-refractivity contribution is -0.138. The number of alkyl carbamates (subject to hydrolysis) is 1. The molecule has 4 amide bonds. The molecule has 0 bridgehead atoms. The third kappa shape index (κ3) is 10.8. The summed E-state index contributed by atoms with van der Waals surface area (Å²) in [6, 6.07) is -2.14. The highest BCUT2D eigenvalue weighted by atomic mass is 16.5. The van der Waals surface area contributed by atoms with E-state index < -0.39 is 48.4 Å². The number of hydrogen-bond acceptors (Lipinski definition) is 6. The summed E-state index contributed by atoms with van der Waals surface area (Å²) in [7, 11) is 0. The molecule has 0 aliphatic heterocycles. The summed E-state index contributed by atoms with van der Waals surface area (Å²) in [5.74, 6) is -1.56. The zero-order chi connectivity index (χ0) is 27.5. The number of hydrogen-bond donors (Lipinski definition) is 5. The van der Waals surface area contributed by atoms with E-state index in [1.807, 2.05) is 13.8 Å². The molecule has 11 nitrogen and oxygen atoms in total. The van der Waals surface area contributed by atoms with Crippen molar-refractivity contribution in [1.29, 1.82) is 0 Å². The maximum Gasteiger partial charge on any atom is 0.407 e. The summed E-state index contributed by atoms with van der Waals surface area (Å²) in [5.41, 5.74) is 6.59. The third-order valence-corrected chi connectivity index (χ3v) is 7.15. The fraction of sp³-hybridized carbons (Fsp3) is 0.731. The van der Waals surface area contributed by atoms with Gasteiger partial charge in [-0.15, -0.1) is 0 Å². The average Bonchev–Trinajstić information content (AvgIpc) is 3.47. The number of ether oxygens (including phenoxy) is 1. The molecule has 0 radical (unpaired) electrons. The molecule has 208 valence electrons. The molecule has 37 heavy (non-hydrogen) atoms. The monoisotopic (exact) mass is 522 g/mol. The fourth-order valence-electron chi connectivity index (χ4n) is 4.88. The van der Waals surface area contributed by atoms with Crippen LogP contribution >= 0.6 is 0 Å². The predicted molar refractivity (Wildman–Crippen MR) is 136 cm³/mol. The van der Waals surface area contributed by atoms with Crippen LogP contribution in [0.25, 0.3) is 0 Å². The Morgan fingerprint density at radius 2 is 1.70 bits per heavy atom. The number of rotatable bonds is 14. The Hall–Kier alpha value is -3.11. The maximum absolute atomic E-state index is 13.1. The van der Waals surface area contributed by atoms with Gasteiger partial charge >= 0.3 is 12.1 Å². The number of fused-ring (bicyclic) bond motifs is 1. The number of nitrogens with one attached hydrogen (secondary N) is 3. The van der Waals surface area contributed by atoms with Crippen molar-refractivity contribution in [2.24, 2.45) is 29.4 Å². The van der Waals surface area contributed by atoms with Crippen molar-refractivity contribution in [2.45, 2.75) is 84.2 Å². The predicted octanol–water partition coefficient (Wildman–Crippen LogP) is 1.85. The standard InChI is InChI=1S/C26H42N4O7/c1-15(2)7-10-21(25(35)29-20(11-12-22(27)31)24(34)28-13-23(32)33)30-26(36)37-14-19-17-6-4-5-16(3)8-9-18(17)19/h5,15,17-21H,4,6-14H2,1-3H3,(H2,27,31)(H,28,34)(H,29,35)(H,30,36)(H,32,33). The second-order valence-electron chi connectivity index (χ2n) is 10.6. The molecule has 0 aromatic carbocycles. The van der Waals surface area contributed by atoms with Crippen molar-refractivity contribution in [3.63, 3.8) is 0 Å². The fourth-order valence-corrected chi connectivity index (χ4v) is 4.88. The second-order valence-corrected chi connectivity index (χ2v) is 10.6. The maximum atomic E-state index is 13.1. The van der Waals surface area contributed by atoms with Crippen LogP contribution in [0.4, 0.5) is 4.79 Å². The van der Waals surface area contributed by atoms with Gasteiger partial charge in [0.25, 0.3) is 0 Å². The number of carbonyl (C=O) groups excluding carboxylic acids is 4. The first-order valence-electron chi connectivity index (χ1n) is 13.1. The van der Waals surface area contributed by atoms with Gasteiger partial charge in [-0.1, -0.05) is 25.5 Å². The van der Waals surface area contributed by atoms with E-state index in [1.54, 1.807) is 0 Å². The first kappa shape index (κ1) is 30.1. The number of aliphatic carboxylic acids is 1. The topological polar surface area (TPSA) is 177 Å². The zero-order valence-electron chi connectivity index (χ0n) is 22.1. The van der Waals surface area contributed by atoms with E-state index in [-0.39, 0.29) is 18.8 Å². The molecule has 1 saturated carbocycles. The molecular formula is C26H42N4O7. The molecule has 1 fully saturated rings. The molecule has 2 aliphatic rings. The van der Waals surface area contributed by atoms with Gasteiger partial charge in [-0.05, 0) is 75.5 Å². The number of carboxylic acid groups (broad SMARTS) is 1. The van der Waals surface area contributed by atoms with Gasteiger partial charge in [0.15, 0.2) is 0 Å². The molecule has 5 atom stereocenters. The number of carboxylic acids is 1. The van der Waals surface area contributed by atoms with Crippen LogP contribution in [-0.4, -0.2) is 60.1 Å². The Kier molecular flexibility index (Phi) is 11.9. The third-order valence-electron chi connectivity index (χ3n) is 7.15. The van der Waals surface area contributed by atoms with Crippen molar-refractivity contribution in [1.82, 2.24) is 16.0 Å². The number of carbonyl (C=O) groups is 5. The van der Waals surface area contributed by atoms with Crippen molar-refractivity contribution in [3.8, 4) is 0 Å². The summed E-state index contributed by atoms with van der Waals surface area (Å²) in [6.45, 7) is 5.79. The minimum atomic E-state index is -1.25. The molecule has 2 rings (SSSR count). The second kappa shape index (κ2) is 14.6. The van der Waals surface area contributed by atoms with Crippen LogP contribution in [0.3, 0.4) is 0 Å². The van der Waals surface area contributed by atoms with Crippen LogP contribution in [0.15, 0.2) is 11.6 Å². The summed E-state index contributed by atoms with van der Waals surface area (Å²) in [6.07, 6.45) is 6.56. The number of amides is 4. The summed E-state index contributed by atoms with van der Waals surface area (Å²) in [4.78, 5) is 60.1. The molecule has 0 aromatic heterocycles. The van der Waals surface area contributed by atoms with Crippen molar-refractivity contribution in [2.75, 3.05) is 13.2 Å². The first-order chi connectivity index (χ1) is 17.5. The van der Waals surface area contributed by atoms with E-state index in [9.17, 15) is 24.0 Å². The van der Waals surface area contributed by atoms with Gasteiger partial charge in [0.2, 0.25) is 17.7 Å².